The number of benzene rings is 1. The van der Waals surface area contributed by atoms with Gasteiger partial charge in [-0.25, -0.2) is 0 Å². The molecule has 0 saturated carbocycles. The van der Waals surface area contributed by atoms with E-state index in [4.69, 9.17) is 4.74 Å². The van der Waals surface area contributed by atoms with Gasteiger partial charge in [0.05, 0.1) is 13.1 Å². The van der Waals surface area contributed by atoms with Gasteiger partial charge in [0.2, 0.25) is 0 Å². The largest absolute Gasteiger partial charge is 0.427 e. The van der Waals surface area contributed by atoms with E-state index < -0.39 is 0 Å². The van der Waals surface area contributed by atoms with Crippen LogP contribution in [0.25, 0.3) is 0 Å². The van der Waals surface area contributed by atoms with Crippen molar-refractivity contribution >= 4 is 34.6 Å². The Morgan fingerprint density at radius 2 is 1.96 bits per heavy atom. The first-order valence-electron chi connectivity index (χ1n) is 7.79. The van der Waals surface area contributed by atoms with E-state index in [-0.39, 0.29) is 16.7 Å². The highest BCUT2D eigenvalue weighted by Gasteiger charge is 2.12. The molecule has 0 aliphatic rings. The van der Waals surface area contributed by atoms with Crippen molar-refractivity contribution in [2.24, 2.45) is 0 Å². The molecule has 0 bridgehead atoms. The fraction of sp³-hybridized carbons (Fsp3) is 0.167. The van der Waals surface area contributed by atoms with Gasteiger partial charge in [-0.05, 0) is 29.1 Å². The number of amides is 1. The van der Waals surface area contributed by atoms with E-state index in [1.165, 1.54) is 11.5 Å². The summed E-state index contributed by atoms with van der Waals surface area (Å²) in [5, 5.41) is 4.76. The fourth-order valence-electron chi connectivity index (χ4n) is 2.28. The quantitative estimate of drug-likeness (QED) is 0.520. The van der Waals surface area contributed by atoms with E-state index in [1.54, 1.807) is 41.8 Å². The van der Waals surface area contributed by atoms with Crippen LogP contribution in [0.4, 0.5) is 0 Å². The van der Waals surface area contributed by atoms with Crippen molar-refractivity contribution in [2.75, 3.05) is 0 Å². The Balaban J connectivity index is 1.65. The molecule has 3 aromatic rings. The lowest BCUT2D eigenvalue weighted by atomic mass is 10.2. The zero-order chi connectivity index (χ0) is 18.5. The maximum absolute atomic E-state index is 12.2. The van der Waals surface area contributed by atoms with Crippen molar-refractivity contribution in [1.82, 2.24) is 9.88 Å². The zero-order valence-electron chi connectivity index (χ0n) is 13.9. The van der Waals surface area contributed by atoms with Gasteiger partial charge in [-0.2, -0.15) is 0 Å². The maximum atomic E-state index is 12.2. The first-order valence-corrected chi connectivity index (χ1v) is 9.49. The summed E-state index contributed by atoms with van der Waals surface area (Å²) in [7, 11) is 0. The number of thiophene rings is 1. The summed E-state index contributed by atoms with van der Waals surface area (Å²) < 4.78 is 6.47. The van der Waals surface area contributed by atoms with Crippen molar-refractivity contribution < 1.29 is 14.3 Å². The fourth-order valence-corrected chi connectivity index (χ4v) is 3.69. The van der Waals surface area contributed by atoms with Crippen LogP contribution >= 0.6 is 22.7 Å². The minimum absolute atomic E-state index is 0.199. The summed E-state index contributed by atoms with van der Waals surface area (Å²) in [6.45, 7) is 2.12. The molecule has 0 unspecified atom stereocenters. The van der Waals surface area contributed by atoms with E-state index in [2.05, 4.69) is 5.32 Å². The van der Waals surface area contributed by atoms with Crippen LogP contribution in [0.2, 0.25) is 0 Å². The summed E-state index contributed by atoms with van der Waals surface area (Å²) in [5.41, 5.74) is 0.867. The molecule has 0 saturated heterocycles. The molecule has 1 N–H and O–H groups in total. The van der Waals surface area contributed by atoms with Crippen LogP contribution in [0.15, 0.2) is 52.8 Å². The van der Waals surface area contributed by atoms with Gasteiger partial charge in [-0.1, -0.05) is 29.5 Å². The molecule has 2 heterocycles. The summed E-state index contributed by atoms with van der Waals surface area (Å²) in [4.78, 5) is 36.5. The van der Waals surface area contributed by atoms with Crippen LogP contribution in [0.3, 0.4) is 0 Å². The van der Waals surface area contributed by atoms with Gasteiger partial charge in [0.1, 0.15) is 10.6 Å². The predicted octanol–water partition coefficient (Wildman–Crippen LogP) is 2.87. The molecule has 0 radical (unpaired) electrons. The molecule has 26 heavy (non-hydrogen) atoms. The second-order valence-electron chi connectivity index (χ2n) is 5.49. The second kappa shape index (κ2) is 8.11. The summed E-state index contributed by atoms with van der Waals surface area (Å²) in [6.07, 6.45) is 1.57. The Kier molecular flexibility index (Phi) is 5.65. The molecule has 0 spiro atoms. The Labute approximate surface area is 157 Å². The minimum atomic E-state index is -0.384. The maximum Gasteiger partial charge on any atom is 0.308 e. The van der Waals surface area contributed by atoms with Crippen LogP contribution in [0, 0.1) is 0 Å². The van der Waals surface area contributed by atoms with Crippen LogP contribution in [-0.2, 0) is 17.9 Å². The van der Waals surface area contributed by atoms with E-state index in [1.807, 2.05) is 17.5 Å². The molecule has 0 aliphatic heterocycles. The molecular formula is C18H16N2O4S2. The number of carbonyl (C=O) groups excluding carboxylic acids is 2. The molecule has 8 heteroatoms. The first kappa shape index (κ1) is 18.1. The number of carbonyl (C=O) groups is 2. The van der Waals surface area contributed by atoms with Crippen molar-refractivity contribution in [3.63, 3.8) is 0 Å². The SMILES string of the molecule is CC(=O)Oc1ccc(Cn2cc(C(=O)NCc3cccs3)sc2=O)cc1. The van der Waals surface area contributed by atoms with Gasteiger partial charge < -0.3 is 14.6 Å². The zero-order valence-corrected chi connectivity index (χ0v) is 15.6. The van der Waals surface area contributed by atoms with Crippen molar-refractivity contribution in [1.29, 1.82) is 0 Å². The highest BCUT2D eigenvalue weighted by atomic mass is 32.1. The number of nitrogens with one attached hydrogen (secondary N) is 1. The molecule has 0 aliphatic carbocycles. The van der Waals surface area contributed by atoms with Gasteiger partial charge in [0.25, 0.3) is 5.91 Å². The van der Waals surface area contributed by atoms with Gasteiger partial charge >= 0.3 is 10.8 Å². The lowest BCUT2D eigenvalue weighted by molar-refractivity contribution is -0.131. The van der Waals surface area contributed by atoms with Gasteiger partial charge in [0, 0.05) is 18.0 Å². The lowest BCUT2D eigenvalue weighted by Gasteiger charge is -2.04. The highest BCUT2D eigenvalue weighted by molar-refractivity contribution is 7.11. The van der Waals surface area contributed by atoms with E-state index in [0.717, 1.165) is 21.8 Å². The smallest absolute Gasteiger partial charge is 0.308 e. The van der Waals surface area contributed by atoms with E-state index in [9.17, 15) is 14.4 Å². The summed E-state index contributed by atoms with van der Waals surface area (Å²) in [5.74, 6) is -0.193. The van der Waals surface area contributed by atoms with Crippen LogP contribution in [-0.4, -0.2) is 16.4 Å². The third-order valence-electron chi connectivity index (χ3n) is 3.47. The standard InChI is InChI=1S/C18H16N2O4S2/c1-12(21)24-14-6-4-13(5-7-14)10-20-11-16(26-18(20)23)17(22)19-9-15-3-2-8-25-15/h2-8,11H,9-10H2,1H3,(H,19,22). The molecule has 6 nitrogen and oxygen atoms in total. The van der Waals surface area contributed by atoms with Crippen LogP contribution in [0.5, 0.6) is 5.75 Å². The van der Waals surface area contributed by atoms with Gasteiger partial charge in [-0.3, -0.25) is 14.4 Å². The molecular weight excluding hydrogens is 372 g/mol. The number of esters is 1. The van der Waals surface area contributed by atoms with Crippen molar-refractivity contribution in [2.45, 2.75) is 20.0 Å². The number of ether oxygens (including phenoxy) is 1. The molecule has 134 valence electrons. The average molecular weight is 388 g/mol. The number of nitrogens with zero attached hydrogens (tertiary/aromatic N) is 1. The number of hydrogen-bond donors (Lipinski definition) is 1. The Hall–Kier alpha value is -2.71. The van der Waals surface area contributed by atoms with Crippen LogP contribution in [0.1, 0.15) is 27.0 Å². The third kappa shape index (κ3) is 4.68. The third-order valence-corrected chi connectivity index (χ3v) is 5.27. The normalized spacial score (nSPS) is 10.5. The monoisotopic (exact) mass is 388 g/mol. The van der Waals surface area contributed by atoms with E-state index >= 15 is 0 Å². The lowest BCUT2D eigenvalue weighted by Crippen LogP contribution is -2.21. The van der Waals surface area contributed by atoms with Crippen molar-refractivity contribution in [3.05, 3.63) is 73.0 Å². The average Bonchev–Trinajstić information content (AvgIpc) is 3.24. The molecule has 1 aromatic carbocycles. The van der Waals surface area contributed by atoms with Gasteiger partial charge in [-0.15, -0.1) is 11.3 Å². The Bertz CT molecular complexity index is 956. The molecule has 0 fully saturated rings. The number of aromatic nitrogens is 1. The van der Waals surface area contributed by atoms with Crippen molar-refractivity contribution in [3.8, 4) is 5.75 Å². The highest BCUT2D eigenvalue weighted by Crippen LogP contribution is 2.14. The topological polar surface area (TPSA) is 77.4 Å². The summed E-state index contributed by atoms with van der Waals surface area (Å²) >= 11 is 2.49. The molecule has 3 rings (SSSR count). The second-order valence-corrected chi connectivity index (χ2v) is 7.51. The number of thiazole rings is 1. The number of hydrogen-bond acceptors (Lipinski definition) is 6. The minimum Gasteiger partial charge on any atom is -0.427 e. The Morgan fingerprint density at radius 3 is 2.62 bits per heavy atom. The molecule has 1 amide bonds. The van der Waals surface area contributed by atoms with E-state index in [0.29, 0.717) is 23.7 Å². The first-order chi connectivity index (χ1) is 12.5. The predicted molar refractivity (Wildman–Crippen MR) is 101 cm³/mol. The molecule has 0 atom stereocenters. The molecule has 2 aromatic heterocycles. The van der Waals surface area contributed by atoms with Gasteiger partial charge in [0.15, 0.2) is 0 Å². The number of rotatable bonds is 6. The van der Waals surface area contributed by atoms with Crippen LogP contribution < -0.4 is 14.9 Å². The summed E-state index contributed by atoms with van der Waals surface area (Å²) in [6, 6.07) is 10.8. The Morgan fingerprint density at radius 1 is 1.19 bits per heavy atom.